The Morgan fingerprint density at radius 3 is 2.56 bits per heavy atom. The number of halogens is 1. The minimum absolute atomic E-state index is 0.154. The van der Waals surface area contributed by atoms with E-state index >= 15 is 0 Å². The molecule has 0 aliphatic carbocycles. The maximum Gasteiger partial charge on any atom is 0.251 e. The van der Waals surface area contributed by atoms with Crippen molar-refractivity contribution in [3.05, 3.63) is 58.6 Å². The maximum absolute atomic E-state index is 12.5. The Labute approximate surface area is 154 Å². The molecule has 2 aromatic carbocycles. The highest BCUT2D eigenvalue weighted by atomic mass is 35.5. The third-order valence-electron chi connectivity index (χ3n) is 4.02. The van der Waals surface area contributed by atoms with Gasteiger partial charge in [0.05, 0.1) is 13.7 Å². The van der Waals surface area contributed by atoms with Crippen LogP contribution in [0, 0.1) is 0 Å². The minimum Gasteiger partial charge on any atom is -0.493 e. The number of carbonyl (C=O) groups is 1. The lowest BCUT2D eigenvalue weighted by Crippen LogP contribution is -2.36. The zero-order valence-electron chi connectivity index (χ0n) is 15.1. The fourth-order valence-corrected chi connectivity index (χ4v) is 2.69. The highest BCUT2D eigenvalue weighted by Crippen LogP contribution is 2.28. The quantitative estimate of drug-likeness (QED) is 0.792. The molecule has 0 saturated carbocycles. The number of carbonyl (C=O) groups excluding carboxylic acids is 1. The summed E-state index contributed by atoms with van der Waals surface area (Å²) >= 11 is 6.07. The van der Waals surface area contributed by atoms with Crippen LogP contribution in [-0.4, -0.2) is 26.2 Å². The van der Waals surface area contributed by atoms with Crippen LogP contribution in [0.1, 0.15) is 36.7 Å². The molecule has 0 fully saturated rings. The van der Waals surface area contributed by atoms with Crippen molar-refractivity contribution < 1.29 is 14.3 Å². The summed E-state index contributed by atoms with van der Waals surface area (Å²) in [5.41, 5.74) is 1.37. The monoisotopic (exact) mass is 361 g/mol. The van der Waals surface area contributed by atoms with Gasteiger partial charge in [-0.25, -0.2) is 0 Å². The molecule has 1 N–H and O–H groups in total. The van der Waals surface area contributed by atoms with Crippen LogP contribution in [-0.2, 0) is 5.41 Å². The van der Waals surface area contributed by atoms with Crippen LogP contribution >= 0.6 is 11.6 Å². The number of hydrogen-bond acceptors (Lipinski definition) is 3. The fourth-order valence-electron chi connectivity index (χ4n) is 2.50. The zero-order valence-corrected chi connectivity index (χ0v) is 15.8. The minimum atomic E-state index is -0.240. The van der Waals surface area contributed by atoms with Gasteiger partial charge in [0.25, 0.3) is 5.91 Å². The van der Waals surface area contributed by atoms with Crippen LogP contribution in [0.3, 0.4) is 0 Å². The van der Waals surface area contributed by atoms with Crippen LogP contribution in [0.4, 0.5) is 0 Å². The third-order valence-corrected chi connectivity index (χ3v) is 4.26. The Bertz CT molecular complexity index is 743. The Kier molecular flexibility index (Phi) is 6.32. The van der Waals surface area contributed by atoms with E-state index in [1.54, 1.807) is 25.3 Å². The molecule has 2 aromatic rings. The lowest BCUT2D eigenvalue weighted by atomic mass is 9.84. The molecule has 0 atom stereocenters. The summed E-state index contributed by atoms with van der Waals surface area (Å²) in [7, 11) is 1.57. The number of nitrogens with one attached hydrogen (secondary N) is 1. The van der Waals surface area contributed by atoms with Crippen LogP contribution in [0.5, 0.6) is 11.5 Å². The van der Waals surface area contributed by atoms with Gasteiger partial charge in [0.15, 0.2) is 11.5 Å². The number of rotatable bonds is 7. The molecule has 0 aromatic heterocycles. The Balaban J connectivity index is 2.10. The molecule has 4 nitrogen and oxygen atoms in total. The zero-order chi connectivity index (χ0) is 18.4. The van der Waals surface area contributed by atoms with Crippen LogP contribution in [0.2, 0.25) is 5.02 Å². The molecule has 1 amide bonds. The average molecular weight is 362 g/mol. The second-order valence-corrected chi connectivity index (χ2v) is 6.81. The van der Waals surface area contributed by atoms with Gasteiger partial charge in [-0.15, -0.1) is 0 Å². The van der Waals surface area contributed by atoms with Gasteiger partial charge in [-0.05, 0) is 42.8 Å². The van der Waals surface area contributed by atoms with E-state index in [2.05, 4.69) is 19.2 Å². The average Bonchev–Trinajstić information content (AvgIpc) is 2.60. The van der Waals surface area contributed by atoms with Crippen LogP contribution in [0.15, 0.2) is 42.5 Å². The summed E-state index contributed by atoms with van der Waals surface area (Å²) in [6, 6.07) is 12.9. The molecule has 2 rings (SSSR count). The number of hydrogen-bond donors (Lipinski definition) is 1. The second-order valence-electron chi connectivity index (χ2n) is 6.38. The van der Waals surface area contributed by atoms with Gasteiger partial charge < -0.3 is 14.8 Å². The van der Waals surface area contributed by atoms with E-state index in [0.29, 0.717) is 35.2 Å². The summed E-state index contributed by atoms with van der Waals surface area (Å²) in [4.78, 5) is 12.5. The van der Waals surface area contributed by atoms with Crippen molar-refractivity contribution in [3.8, 4) is 11.5 Å². The molecule has 0 heterocycles. The third kappa shape index (κ3) is 4.89. The van der Waals surface area contributed by atoms with Gasteiger partial charge in [-0.2, -0.15) is 0 Å². The van der Waals surface area contributed by atoms with Crippen LogP contribution < -0.4 is 14.8 Å². The number of ether oxygens (including phenoxy) is 2. The molecule has 0 bridgehead atoms. The van der Waals surface area contributed by atoms with Crippen molar-refractivity contribution in [2.45, 2.75) is 26.2 Å². The van der Waals surface area contributed by atoms with E-state index in [-0.39, 0.29) is 11.3 Å². The van der Waals surface area contributed by atoms with Crippen molar-refractivity contribution >= 4 is 17.5 Å². The van der Waals surface area contributed by atoms with E-state index in [1.165, 1.54) is 0 Å². The molecule has 0 saturated heterocycles. The van der Waals surface area contributed by atoms with Crippen molar-refractivity contribution in [2.75, 3.05) is 20.3 Å². The van der Waals surface area contributed by atoms with E-state index in [0.717, 1.165) is 5.56 Å². The molecule has 0 aliphatic rings. The van der Waals surface area contributed by atoms with Gasteiger partial charge in [0, 0.05) is 22.5 Å². The molecule has 134 valence electrons. The summed E-state index contributed by atoms with van der Waals surface area (Å²) in [6.07, 6.45) is 0. The molecule has 0 spiro atoms. The molecule has 5 heteroatoms. The van der Waals surface area contributed by atoms with Gasteiger partial charge in [0.1, 0.15) is 0 Å². The molecular formula is C20H24ClNO3. The van der Waals surface area contributed by atoms with Gasteiger partial charge >= 0.3 is 0 Å². The largest absolute Gasteiger partial charge is 0.493 e. The predicted molar refractivity (Wildman–Crippen MR) is 101 cm³/mol. The van der Waals surface area contributed by atoms with Gasteiger partial charge in [0.2, 0.25) is 0 Å². The van der Waals surface area contributed by atoms with E-state index in [9.17, 15) is 4.79 Å². The number of benzene rings is 2. The molecule has 25 heavy (non-hydrogen) atoms. The Hall–Kier alpha value is -2.20. The topological polar surface area (TPSA) is 47.6 Å². The SMILES string of the molecule is CCOc1cc(C(=O)NCC(C)(C)c2cccc(Cl)c2)ccc1OC. The highest BCUT2D eigenvalue weighted by Gasteiger charge is 2.22. The number of amides is 1. The van der Waals surface area contributed by atoms with Gasteiger partial charge in [-0.1, -0.05) is 37.6 Å². The highest BCUT2D eigenvalue weighted by molar-refractivity contribution is 6.30. The van der Waals surface area contributed by atoms with Crippen molar-refractivity contribution in [2.24, 2.45) is 0 Å². The van der Waals surface area contributed by atoms with E-state index in [4.69, 9.17) is 21.1 Å². The standard InChI is InChI=1S/C20H24ClNO3/c1-5-25-18-11-14(9-10-17(18)24-4)19(23)22-13-20(2,3)15-7-6-8-16(21)12-15/h6-12H,5,13H2,1-4H3,(H,22,23). The summed E-state index contributed by atoms with van der Waals surface area (Å²) in [5.74, 6) is 1.02. The lowest BCUT2D eigenvalue weighted by Gasteiger charge is -2.26. The van der Waals surface area contributed by atoms with Crippen LogP contribution in [0.25, 0.3) is 0 Å². The molecule has 0 aliphatic heterocycles. The van der Waals surface area contributed by atoms with Crippen molar-refractivity contribution in [3.63, 3.8) is 0 Å². The van der Waals surface area contributed by atoms with Crippen molar-refractivity contribution in [1.29, 1.82) is 0 Å². The van der Waals surface area contributed by atoms with E-state index in [1.807, 2.05) is 31.2 Å². The normalized spacial score (nSPS) is 11.1. The van der Waals surface area contributed by atoms with Gasteiger partial charge in [-0.3, -0.25) is 4.79 Å². The maximum atomic E-state index is 12.5. The second kappa shape index (κ2) is 8.26. The smallest absolute Gasteiger partial charge is 0.251 e. The first kappa shape index (κ1) is 19.1. The molecule has 0 unspecified atom stereocenters. The summed E-state index contributed by atoms with van der Waals surface area (Å²) < 4.78 is 10.8. The first-order valence-electron chi connectivity index (χ1n) is 8.22. The lowest BCUT2D eigenvalue weighted by molar-refractivity contribution is 0.0945. The van der Waals surface area contributed by atoms with Crippen molar-refractivity contribution in [1.82, 2.24) is 5.32 Å². The fraction of sp³-hybridized carbons (Fsp3) is 0.350. The Morgan fingerprint density at radius 1 is 1.16 bits per heavy atom. The number of methoxy groups -OCH3 is 1. The van der Waals surface area contributed by atoms with E-state index < -0.39 is 0 Å². The summed E-state index contributed by atoms with van der Waals surface area (Å²) in [5, 5.41) is 3.67. The molecule has 0 radical (unpaired) electrons. The molecular weight excluding hydrogens is 338 g/mol. The summed E-state index contributed by atoms with van der Waals surface area (Å²) in [6.45, 7) is 7.02. The first-order valence-corrected chi connectivity index (χ1v) is 8.60. The first-order chi connectivity index (χ1) is 11.9. The Morgan fingerprint density at radius 2 is 1.92 bits per heavy atom. The predicted octanol–water partition coefficient (Wildman–Crippen LogP) is 4.45.